The smallest absolute Gasteiger partial charge is 0.305 e. The molecule has 0 spiro atoms. The van der Waals surface area contributed by atoms with Gasteiger partial charge in [-0.2, -0.15) is 0 Å². The van der Waals surface area contributed by atoms with Crippen molar-refractivity contribution in [2.24, 2.45) is 0 Å². The summed E-state index contributed by atoms with van der Waals surface area (Å²) in [4.78, 5) is 28.2. The second-order valence-electron chi connectivity index (χ2n) is 5.97. The van der Waals surface area contributed by atoms with E-state index >= 15 is 0 Å². The van der Waals surface area contributed by atoms with Gasteiger partial charge in [-0.05, 0) is 36.8 Å². The molecule has 0 radical (unpaired) electrons. The molecule has 3 rings (SSSR count). The maximum atomic E-state index is 12.7. The number of benzene rings is 2. The predicted molar refractivity (Wildman–Crippen MR) is 101 cm³/mol. The molecule has 2 N–H and O–H groups in total. The standard InChI is InChI=1S/C20H17ClN2O4/c1-12-18(23-20(27-12)13-6-3-2-4-7-13)19(26)22-16(11-17(24)25)14-8-5-9-15(21)10-14/h2-10,16H,11H2,1H3,(H,22,26)(H,24,25)/t16-/m0/s1. The van der Waals surface area contributed by atoms with Crippen molar-refractivity contribution in [3.8, 4) is 11.5 Å². The molecule has 0 fully saturated rings. The number of rotatable bonds is 6. The number of aliphatic carboxylic acids is 1. The van der Waals surface area contributed by atoms with Crippen molar-refractivity contribution in [3.05, 3.63) is 76.6 Å². The first-order valence-corrected chi connectivity index (χ1v) is 8.63. The Morgan fingerprint density at radius 3 is 2.59 bits per heavy atom. The highest BCUT2D eigenvalue weighted by Gasteiger charge is 2.23. The van der Waals surface area contributed by atoms with Crippen LogP contribution in [0, 0.1) is 6.92 Å². The van der Waals surface area contributed by atoms with Gasteiger partial charge in [-0.3, -0.25) is 9.59 Å². The van der Waals surface area contributed by atoms with E-state index in [1.807, 2.05) is 30.3 Å². The summed E-state index contributed by atoms with van der Waals surface area (Å²) in [5.74, 6) is -0.867. The van der Waals surface area contributed by atoms with Crippen molar-refractivity contribution in [1.29, 1.82) is 0 Å². The monoisotopic (exact) mass is 384 g/mol. The molecule has 1 atom stereocenters. The van der Waals surface area contributed by atoms with Gasteiger partial charge in [-0.1, -0.05) is 41.9 Å². The summed E-state index contributed by atoms with van der Waals surface area (Å²) < 4.78 is 5.60. The van der Waals surface area contributed by atoms with Gasteiger partial charge in [0.2, 0.25) is 5.89 Å². The van der Waals surface area contributed by atoms with Gasteiger partial charge in [0.15, 0.2) is 5.69 Å². The van der Waals surface area contributed by atoms with Crippen LogP contribution in [0.15, 0.2) is 59.0 Å². The van der Waals surface area contributed by atoms with Crippen LogP contribution in [0.1, 0.15) is 34.3 Å². The van der Waals surface area contributed by atoms with Crippen LogP contribution in [-0.4, -0.2) is 22.0 Å². The van der Waals surface area contributed by atoms with Gasteiger partial charge in [0.1, 0.15) is 5.76 Å². The van der Waals surface area contributed by atoms with Crippen LogP contribution >= 0.6 is 11.6 Å². The van der Waals surface area contributed by atoms with Crippen molar-refractivity contribution < 1.29 is 19.1 Å². The van der Waals surface area contributed by atoms with Gasteiger partial charge in [-0.15, -0.1) is 0 Å². The number of halogens is 1. The van der Waals surface area contributed by atoms with Crippen molar-refractivity contribution in [2.75, 3.05) is 0 Å². The molecule has 3 aromatic rings. The number of carbonyl (C=O) groups excluding carboxylic acids is 1. The van der Waals surface area contributed by atoms with Crippen molar-refractivity contribution >= 4 is 23.5 Å². The highest BCUT2D eigenvalue weighted by atomic mass is 35.5. The minimum atomic E-state index is -1.04. The fraction of sp³-hybridized carbons (Fsp3) is 0.150. The van der Waals surface area contributed by atoms with Gasteiger partial charge in [0, 0.05) is 10.6 Å². The van der Waals surface area contributed by atoms with Crippen LogP contribution in [0.3, 0.4) is 0 Å². The first-order valence-electron chi connectivity index (χ1n) is 8.25. The van der Waals surface area contributed by atoms with Crippen LogP contribution in [-0.2, 0) is 4.79 Å². The van der Waals surface area contributed by atoms with E-state index in [0.29, 0.717) is 22.2 Å². The molecule has 0 saturated carbocycles. The molecule has 0 bridgehead atoms. The molecule has 27 heavy (non-hydrogen) atoms. The van der Waals surface area contributed by atoms with E-state index in [1.54, 1.807) is 31.2 Å². The molecule has 2 aromatic carbocycles. The summed E-state index contributed by atoms with van der Waals surface area (Å²) >= 11 is 5.99. The number of aryl methyl sites for hydroxylation is 1. The molecule has 0 saturated heterocycles. The summed E-state index contributed by atoms with van der Waals surface area (Å²) in [5.41, 5.74) is 1.46. The number of nitrogens with one attached hydrogen (secondary N) is 1. The Morgan fingerprint density at radius 1 is 1.19 bits per heavy atom. The Hall–Kier alpha value is -3.12. The second kappa shape index (κ2) is 8.05. The maximum Gasteiger partial charge on any atom is 0.305 e. The van der Waals surface area contributed by atoms with Crippen LogP contribution < -0.4 is 5.32 Å². The number of carboxylic acids is 1. The summed E-state index contributed by atoms with van der Waals surface area (Å²) in [5, 5.41) is 12.4. The average molecular weight is 385 g/mol. The quantitative estimate of drug-likeness (QED) is 0.662. The van der Waals surface area contributed by atoms with Gasteiger partial charge >= 0.3 is 5.97 Å². The lowest BCUT2D eigenvalue weighted by molar-refractivity contribution is -0.137. The fourth-order valence-electron chi connectivity index (χ4n) is 2.69. The Balaban J connectivity index is 1.86. The van der Waals surface area contributed by atoms with E-state index in [9.17, 15) is 14.7 Å². The lowest BCUT2D eigenvalue weighted by Crippen LogP contribution is -2.30. The van der Waals surface area contributed by atoms with Crippen molar-refractivity contribution in [3.63, 3.8) is 0 Å². The number of carboxylic acid groups (broad SMARTS) is 1. The van der Waals surface area contributed by atoms with E-state index in [-0.39, 0.29) is 12.1 Å². The summed E-state index contributed by atoms with van der Waals surface area (Å²) in [6.45, 7) is 1.64. The minimum Gasteiger partial charge on any atom is -0.481 e. The average Bonchev–Trinajstić information content (AvgIpc) is 3.03. The van der Waals surface area contributed by atoms with Gasteiger partial charge < -0.3 is 14.8 Å². The predicted octanol–water partition coefficient (Wildman–Crippen LogP) is 4.25. The number of hydrogen-bond acceptors (Lipinski definition) is 4. The van der Waals surface area contributed by atoms with E-state index in [2.05, 4.69) is 10.3 Å². The number of amides is 1. The van der Waals surface area contributed by atoms with Crippen LogP contribution in [0.5, 0.6) is 0 Å². The lowest BCUT2D eigenvalue weighted by Gasteiger charge is -2.17. The highest BCUT2D eigenvalue weighted by Crippen LogP contribution is 2.24. The molecule has 1 heterocycles. The first-order chi connectivity index (χ1) is 12.9. The summed E-state index contributed by atoms with van der Waals surface area (Å²) in [6, 6.07) is 15.2. The molecule has 1 aromatic heterocycles. The third kappa shape index (κ3) is 4.54. The maximum absolute atomic E-state index is 12.7. The van der Waals surface area contributed by atoms with Crippen LogP contribution in [0.4, 0.5) is 0 Å². The van der Waals surface area contributed by atoms with Crippen molar-refractivity contribution in [2.45, 2.75) is 19.4 Å². The topological polar surface area (TPSA) is 92.4 Å². The van der Waals surface area contributed by atoms with E-state index in [0.717, 1.165) is 5.56 Å². The normalized spacial score (nSPS) is 11.8. The Kier molecular flexibility index (Phi) is 5.57. The van der Waals surface area contributed by atoms with Crippen LogP contribution in [0.2, 0.25) is 5.02 Å². The number of hydrogen-bond donors (Lipinski definition) is 2. The minimum absolute atomic E-state index is 0.117. The van der Waals surface area contributed by atoms with Gasteiger partial charge in [0.05, 0.1) is 12.5 Å². The third-order valence-corrected chi connectivity index (χ3v) is 4.20. The molecular formula is C20H17ClN2O4. The van der Waals surface area contributed by atoms with Crippen LogP contribution in [0.25, 0.3) is 11.5 Å². The largest absolute Gasteiger partial charge is 0.481 e. The Bertz CT molecular complexity index is 969. The molecule has 7 heteroatoms. The molecule has 6 nitrogen and oxygen atoms in total. The van der Waals surface area contributed by atoms with Crippen molar-refractivity contribution in [1.82, 2.24) is 10.3 Å². The molecule has 1 amide bonds. The SMILES string of the molecule is Cc1oc(-c2ccccc2)nc1C(=O)N[C@@H](CC(=O)O)c1cccc(Cl)c1. The molecule has 138 valence electrons. The highest BCUT2D eigenvalue weighted by molar-refractivity contribution is 6.30. The summed E-state index contributed by atoms with van der Waals surface area (Å²) in [7, 11) is 0. The number of nitrogens with zero attached hydrogens (tertiary/aromatic N) is 1. The van der Waals surface area contributed by atoms with Gasteiger partial charge in [0.25, 0.3) is 5.91 Å². The Morgan fingerprint density at radius 2 is 1.93 bits per heavy atom. The molecule has 0 unspecified atom stereocenters. The lowest BCUT2D eigenvalue weighted by atomic mass is 10.0. The third-order valence-electron chi connectivity index (χ3n) is 3.97. The zero-order valence-electron chi connectivity index (χ0n) is 14.5. The molecule has 0 aliphatic carbocycles. The zero-order valence-corrected chi connectivity index (χ0v) is 15.2. The summed E-state index contributed by atoms with van der Waals surface area (Å²) in [6.07, 6.45) is -0.283. The molecule has 0 aliphatic heterocycles. The first kappa shape index (κ1) is 18.7. The number of oxazole rings is 1. The second-order valence-corrected chi connectivity index (χ2v) is 6.41. The molecular weight excluding hydrogens is 368 g/mol. The molecule has 0 aliphatic rings. The Labute approximate surface area is 160 Å². The fourth-order valence-corrected chi connectivity index (χ4v) is 2.89. The van der Waals surface area contributed by atoms with E-state index in [4.69, 9.17) is 16.0 Å². The van der Waals surface area contributed by atoms with E-state index in [1.165, 1.54) is 0 Å². The number of carbonyl (C=O) groups is 2. The van der Waals surface area contributed by atoms with Gasteiger partial charge in [-0.25, -0.2) is 4.98 Å². The van der Waals surface area contributed by atoms with E-state index < -0.39 is 17.9 Å². The zero-order chi connectivity index (χ0) is 19.4. The number of aromatic nitrogens is 1.